The highest BCUT2D eigenvalue weighted by molar-refractivity contribution is 6.31. The van der Waals surface area contributed by atoms with E-state index in [4.69, 9.17) is 27.2 Å². The molecule has 0 atom stereocenters. The van der Waals surface area contributed by atoms with Crippen LogP contribution < -0.4 is 10.5 Å². The molecule has 0 radical (unpaired) electrons. The molecule has 7 heteroatoms. The van der Waals surface area contributed by atoms with Gasteiger partial charge in [-0.05, 0) is 11.6 Å². The van der Waals surface area contributed by atoms with Gasteiger partial charge in [0.05, 0.1) is 0 Å². The van der Waals surface area contributed by atoms with Gasteiger partial charge in [-0.15, -0.1) is 0 Å². The summed E-state index contributed by atoms with van der Waals surface area (Å²) in [7, 11) is 0. The van der Waals surface area contributed by atoms with E-state index in [-0.39, 0.29) is 16.7 Å². The molecular weight excluding hydrogens is 294 g/mol. The van der Waals surface area contributed by atoms with Gasteiger partial charge in [0.1, 0.15) is 0 Å². The van der Waals surface area contributed by atoms with Gasteiger partial charge in [-0.1, -0.05) is 48.0 Å². The fourth-order valence-electron chi connectivity index (χ4n) is 1.53. The second-order valence-corrected chi connectivity index (χ2v) is 4.37. The Kier molecular flexibility index (Phi) is 4.73. The van der Waals surface area contributed by atoms with Crippen molar-refractivity contribution in [1.29, 1.82) is 0 Å². The van der Waals surface area contributed by atoms with Crippen molar-refractivity contribution in [1.82, 2.24) is 9.97 Å². The molecule has 0 spiro atoms. The molecule has 0 saturated carbocycles. The molecule has 0 bridgehead atoms. The molecule has 0 saturated heterocycles. The van der Waals surface area contributed by atoms with Crippen LogP contribution in [0.15, 0.2) is 30.3 Å². The van der Waals surface area contributed by atoms with Crippen molar-refractivity contribution in [3.05, 3.63) is 46.9 Å². The summed E-state index contributed by atoms with van der Waals surface area (Å²) < 4.78 is 4.94. The van der Waals surface area contributed by atoms with Crippen LogP contribution in [0.4, 0.5) is 5.82 Å². The smallest absolute Gasteiger partial charge is 0.341 e. The van der Waals surface area contributed by atoms with Crippen molar-refractivity contribution in [2.24, 2.45) is 0 Å². The molecular formula is C14H12ClN3O3. The third kappa shape index (κ3) is 4.19. The maximum atomic E-state index is 10.5. The fourth-order valence-corrected chi connectivity index (χ4v) is 1.77. The van der Waals surface area contributed by atoms with Crippen molar-refractivity contribution < 1.29 is 14.6 Å². The number of benzene rings is 1. The van der Waals surface area contributed by atoms with Crippen molar-refractivity contribution in [2.45, 2.75) is 0 Å². The summed E-state index contributed by atoms with van der Waals surface area (Å²) in [6.07, 6.45) is 3.46. The fraction of sp³-hybridized carbons (Fsp3) is 0.0714. The van der Waals surface area contributed by atoms with Crippen LogP contribution in [0.5, 0.6) is 5.75 Å². The molecule has 1 aromatic carbocycles. The molecule has 0 amide bonds. The van der Waals surface area contributed by atoms with Gasteiger partial charge in [0.2, 0.25) is 0 Å². The highest BCUT2D eigenvalue weighted by atomic mass is 35.5. The molecule has 1 heterocycles. The minimum Gasteiger partial charge on any atom is -0.479 e. The Bertz CT molecular complexity index is 651. The second-order valence-electron chi connectivity index (χ2n) is 4.01. The van der Waals surface area contributed by atoms with Gasteiger partial charge < -0.3 is 15.6 Å². The Morgan fingerprint density at radius 2 is 2.00 bits per heavy atom. The minimum absolute atomic E-state index is 0.0102. The number of hydrogen-bond acceptors (Lipinski definition) is 5. The predicted octanol–water partition coefficient (Wildman–Crippen LogP) is 2.35. The summed E-state index contributed by atoms with van der Waals surface area (Å²) >= 11 is 5.92. The summed E-state index contributed by atoms with van der Waals surface area (Å²) in [6.45, 7) is -0.563. The number of anilines is 1. The van der Waals surface area contributed by atoms with Crippen molar-refractivity contribution in [2.75, 3.05) is 12.3 Å². The lowest BCUT2D eigenvalue weighted by Gasteiger charge is -2.07. The summed E-state index contributed by atoms with van der Waals surface area (Å²) in [5.74, 6) is -0.873. The third-order valence-electron chi connectivity index (χ3n) is 2.43. The van der Waals surface area contributed by atoms with E-state index in [0.717, 1.165) is 5.56 Å². The van der Waals surface area contributed by atoms with Crippen LogP contribution in [-0.2, 0) is 4.79 Å². The minimum atomic E-state index is -1.14. The number of carboxylic acids is 1. The van der Waals surface area contributed by atoms with E-state index < -0.39 is 12.6 Å². The Labute approximate surface area is 125 Å². The van der Waals surface area contributed by atoms with Gasteiger partial charge >= 0.3 is 5.97 Å². The molecule has 0 aliphatic heterocycles. The van der Waals surface area contributed by atoms with Gasteiger partial charge in [-0.2, -0.15) is 0 Å². The number of nitrogens with two attached hydrogens (primary N) is 1. The largest absolute Gasteiger partial charge is 0.479 e. The zero-order valence-electron chi connectivity index (χ0n) is 10.9. The molecule has 0 unspecified atom stereocenters. The third-order valence-corrected chi connectivity index (χ3v) is 2.69. The normalized spacial score (nSPS) is 10.7. The molecule has 0 aliphatic rings. The Hall–Kier alpha value is -2.60. The molecule has 6 nitrogen and oxygen atoms in total. The van der Waals surface area contributed by atoms with Crippen LogP contribution in [-0.4, -0.2) is 27.7 Å². The van der Waals surface area contributed by atoms with Crippen LogP contribution in [0.1, 0.15) is 11.4 Å². The van der Waals surface area contributed by atoms with E-state index in [9.17, 15) is 4.79 Å². The number of carboxylic acid groups (broad SMARTS) is 1. The molecule has 0 fully saturated rings. The highest BCUT2D eigenvalue weighted by Crippen LogP contribution is 2.28. The highest BCUT2D eigenvalue weighted by Gasteiger charge is 2.12. The van der Waals surface area contributed by atoms with Crippen molar-refractivity contribution >= 4 is 35.5 Å². The first-order valence-corrected chi connectivity index (χ1v) is 6.35. The Morgan fingerprint density at radius 3 is 2.62 bits per heavy atom. The SMILES string of the molecule is Nc1nc(C=Cc2ccccc2)nc(Cl)c1OCC(=O)O. The van der Waals surface area contributed by atoms with Crippen LogP contribution in [0.25, 0.3) is 12.2 Å². The number of hydrogen-bond donors (Lipinski definition) is 2. The lowest BCUT2D eigenvalue weighted by molar-refractivity contribution is -0.139. The number of nitrogens with zero attached hydrogens (tertiary/aromatic N) is 2. The van der Waals surface area contributed by atoms with Crippen LogP contribution in [0.2, 0.25) is 5.15 Å². The molecule has 2 rings (SSSR count). The van der Waals surface area contributed by atoms with Gasteiger partial charge in [-0.25, -0.2) is 14.8 Å². The monoisotopic (exact) mass is 305 g/mol. The van der Waals surface area contributed by atoms with E-state index >= 15 is 0 Å². The second kappa shape index (κ2) is 6.71. The van der Waals surface area contributed by atoms with Gasteiger partial charge in [0.15, 0.2) is 29.2 Å². The maximum absolute atomic E-state index is 10.5. The number of aliphatic carboxylic acids is 1. The first-order chi connectivity index (χ1) is 10.1. The average Bonchev–Trinajstić information content (AvgIpc) is 2.45. The number of rotatable bonds is 5. The average molecular weight is 306 g/mol. The molecule has 21 heavy (non-hydrogen) atoms. The van der Waals surface area contributed by atoms with Crippen molar-refractivity contribution in [3.63, 3.8) is 0 Å². The first-order valence-electron chi connectivity index (χ1n) is 5.97. The summed E-state index contributed by atoms with van der Waals surface area (Å²) in [5.41, 5.74) is 6.66. The van der Waals surface area contributed by atoms with Gasteiger partial charge in [0.25, 0.3) is 0 Å². The van der Waals surface area contributed by atoms with E-state index in [1.165, 1.54) is 0 Å². The van der Waals surface area contributed by atoms with Crippen LogP contribution >= 0.6 is 11.6 Å². The summed E-state index contributed by atoms with van der Waals surface area (Å²) in [4.78, 5) is 18.5. The van der Waals surface area contributed by atoms with Crippen molar-refractivity contribution in [3.8, 4) is 5.75 Å². The molecule has 108 valence electrons. The first kappa shape index (κ1) is 14.8. The molecule has 0 aliphatic carbocycles. The topological polar surface area (TPSA) is 98.3 Å². The summed E-state index contributed by atoms with van der Waals surface area (Å²) in [6, 6.07) is 9.57. The number of halogens is 1. The zero-order valence-corrected chi connectivity index (χ0v) is 11.6. The standard InChI is InChI=1S/C14H12ClN3O3/c15-13-12(21-8-11(19)20)14(16)18-10(17-13)7-6-9-4-2-1-3-5-9/h1-7H,8H2,(H,19,20)(H2,16,17,18). The lowest BCUT2D eigenvalue weighted by atomic mass is 10.2. The Morgan fingerprint density at radius 1 is 1.29 bits per heavy atom. The number of ether oxygens (including phenoxy) is 1. The molecule has 2 aromatic rings. The van der Waals surface area contributed by atoms with E-state index in [1.807, 2.05) is 36.4 Å². The van der Waals surface area contributed by atoms with Gasteiger partial charge in [-0.3, -0.25) is 0 Å². The quantitative estimate of drug-likeness (QED) is 0.823. The predicted molar refractivity (Wildman–Crippen MR) is 80.0 cm³/mol. The number of aromatic nitrogens is 2. The molecule has 3 N–H and O–H groups in total. The molecule has 1 aromatic heterocycles. The van der Waals surface area contributed by atoms with E-state index in [1.54, 1.807) is 6.08 Å². The maximum Gasteiger partial charge on any atom is 0.341 e. The number of nitrogen functional groups attached to an aromatic ring is 1. The Balaban J connectivity index is 2.19. The summed E-state index contributed by atoms with van der Waals surface area (Å²) in [5, 5.41) is 8.53. The van der Waals surface area contributed by atoms with Gasteiger partial charge in [0, 0.05) is 0 Å². The number of carbonyl (C=O) groups is 1. The van der Waals surface area contributed by atoms with Crippen LogP contribution in [0, 0.1) is 0 Å². The zero-order chi connectivity index (χ0) is 15.2. The van der Waals surface area contributed by atoms with E-state index in [2.05, 4.69) is 9.97 Å². The van der Waals surface area contributed by atoms with E-state index in [0.29, 0.717) is 5.82 Å². The van der Waals surface area contributed by atoms with Crippen LogP contribution in [0.3, 0.4) is 0 Å². The lowest BCUT2D eigenvalue weighted by Crippen LogP contribution is -2.12.